The van der Waals surface area contributed by atoms with E-state index in [0.29, 0.717) is 5.92 Å². The summed E-state index contributed by atoms with van der Waals surface area (Å²) in [5.41, 5.74) is 3.28. The van der Waals surface area contributed by atoms with Crippen LogP contribution in [-0.2, 0) is 6.42 Å². The van der Waals surface area contributed by atoms with Crippen LogP contribution in [0.25, 0.3) is 22.3 Å². The summed E-state index contributed by atoms with van der Waals surface area (Å²) in [6.45, 7) is 7.37. The fraction of sp³-hybridized carbons (Fsp3) is 0.286. The Morgan fingerprint density at radius 2 is 1.78 bits per heavy atom. The van der Waals surface area contributed by atoms with Crippen molar-refractivity contribution >= 4 is 11.0 Å². The Balaban J connectivity index is 2.24. The first-order valence-corrected chi connectivity index (χ1v) is 8.30. The van der Waals surface area contributed by atoms with Crippen LogP contribution in [-0.4, -0.2) is 6.54 Å². The third kappa shape index (κ3) is 3.53. The molecular formula is C21H23NO. The molecule has 1 aromatic heterocycles. The van der Waals surface area contributed by atoms with E-state index in [1.54, 1.807) is 0 Å². The fourth-order valence-corrected chi connectivity index (χ4v) is 2.59. The van der Waals surface area contributed by atoms with Crippen molar-refractivity contribution in [2.75, 3.05) is 6.54 Å². The van der Waals surface area contributed by atoms with Gasteiger partial charge in [0, 0.05) is 23.6 Å². The summed E-state index contributed by atoms with van der Waals surface area (Å²) in [6, 6.07) is 18.7. The molecule has 2 aromatic carbocycles. The van der Waals surface area contributed by atoms with Crippen LogP contribution in [0.15, 0.2) is 64.0 Å². The van der Waals surface area contributed by atoms with E-state index in [9.17, 15) is 0 Å². The van der Waals surface area contributed by atoms with E-state index >= 15 is 0 Å². The molecule has 0 aliphatic carbocycles. The summed E-state index contributed by atoms with van der Waals surface area (Å²) in [5.74, 6) is 1.40. The van der Waals surface area contributed by atoms with E-state index in [-0.39, 0.29) is 0 Å². The first kappa shape index (κ1) is 15.5. The number of benzene rings is 2. The van der Waals surface area contributed by atoms with E-state index in [0.717, 1.165) is 40.6 Å². The molecule has 0 fully saturated rings. The third-order valence-electron chi connectivity index (χ3n) is 3.90. The third-order valence-corrected chi connectivity index (χ3v) is 3.90. The van der Waals surface area contributed by atoms with Crippen LogP contribution >= 0.6 is 0 Å². The van der Waals surface area contributed by atoms with Crippen molar-refractivity contribution in [1.29, 1.82) is 0 Å². The topological polar surface area (TPSA) is 25.5 Å². The Labute approximate surface area is 137 Å². The molecule has 0 saturated carbocycles. The first-order chi connectivity index (χ1) is 11.2. The van der Waals surface area contributed by atoms with Crippen LogP contribution in [0.4, 0.5) is 0 Å². The average Bonchev–Trinajstić information content (AvgIpc) is 2.59. The van der Waals surface area contributed by atoms with E-state index in [1.165, 1.54) is 5.56 Å². The zero-order valence-electron chi connectivity index (χ0n) is 14.0. The number of hydrogen-bond donors (Lipinski definition) is 0. The van der Waals surface area contributed by atoms with E-state index in [1.807, 2.05) is 18.2 Å². The Kier molecular flexibility index (Phi) is 4.61. The number of hydrogen-bond acceptors (Lipinski definition) is 2. The molecule has 1 heterocycles. The van der Waals surface area contributed by atoms with Crippen LogP contribution in [0, 0.1) is 5.92 Å². The monoisotopic (exact) mass is 305 g/mol. The molecule has 0 unspecified atom stereocenters. The second kappa shape index (κ2) is 6.82. The fourth-order valence-electron chi connectivity index (χ4n) is 2.59. The molecule has 0 bridgehead atoms. The van der Waals surface area contributed by atoms with Crippen LogP contribution in [0.1, 0.15) is 26.3 Å². The molecule has 0 spiro atoms. The highest BCUT2D eigenvalue weighted by Gasteiger charge is 2.06. The summed E-state index contributed by atoms with van der Waals surface area (Å²) in [7, 11) is 0. The number of aryl methyl sites for hydroxylation is 1. The SMILES string of the molecule is CCc1ccc2oc(-c3ccccc3)cc(=NCC(C)C)c2c1. The average molecular weight is 305 g/mol. The predicted octanol–water partition coefficient (Wildman–Crippen LogP) is 5.22. The number of fused-ring (bicyclic) bond motifs is 1. The van der Waals surface area contributed by atoms with Crippen molar-refractivity contribution in [3.05, 3.63) is 65.5 Å². The van der Waals surface area contributed by atoms with Crippen LogP contribution in [0.5, 0.6) is 0 Å². The maximum atomic E-state index is 6.13. The molecule has 0 N–H and O–H groups in total. The Hall–Kier alpha value is -2.35. The van der Waals surface area contributed by atoms with E-state index < -0.39 is 0 Å². The molecule has 3 aromatic rings. The van der Waals surface area contributed by atoms with Gasteiger partial charge in [-0.25, -0.2) is 0 Å². The van der Waals surface area contributed by atoms with Gasteiger partial charge in [0.25, 0.3) is 0 Å². The Bertz CT molecular complexity index is 860. The summed E-state index contributed by atoms with van der Waals surface area (Å²) in [6.07, 6.45) is 1.01. The molecular weight excluding hydrogens is 282 g/mol. The lowest BCUT2D eigenvalue weighted by molar-refractivity contribution is 0.615. The molecule has 3 rings (SSSR count). The second-order valence-corrected chi connectivity index (χ2v) is 6.28. The van der Waals surface area contributed by atoms with Crippen molar-refractivity contribution in [3.8, 4) is 11.3 Å². The minimum Gasteiger partial charge on any atom is -0.456 e. The largest absolute Gasteiger partial charge is 0.456 e. The van der Waals surface area contributed by atoms with Gasteiger partial charge >= 0.3 is 0 Å². The molecule has 0 aliphatic heterocycles. The zero-order chi connectivity index (χ0) is 16.2. The highest BCUT2D eigenvalue weighted by molar-refractivity contribution is 5.79. The minimum atomic E-state index is 0.539. The smallest absolute Gasteiger partial charge is 0.136 e. The van der Waals surface area contributed by atoms with Crippen LogP contribution in [0.3, 0.4) is 0 Å². The highest BCUT2D eigenvalue weighted by Crippen LogP contribution is 2.22. The van der Waals surface area contributed by atoms with Crippen molar-refractivity contribution < 1.29 is 4.42 Å². The molecule has 118 valence electrons. The normalized spacial score (nSPS) is 12.3. The van der Waals surface area contributed by atoms with Gasteiger partial charge in [0.2, 0.25) is 0 Å². The van der Waals surface area contributed by atoms with Gasteiger partial charge in [0.05, 0.1) is 5.36 Å². The number of rotatable bonds is 4. The van der Waals surface area contributed by atoms with Gasteiger partial charge in [-0.05, 0) is 30.0 Å². The summed E-state index contributed by atoms with van der Waals surface area (Å²) >= 11 is 0. The standard InChI is InChI=1S/C21H23NO/c1-4-16-10-11-20-18(12-16)19(22-14-15(2)3)13-21(23-20)17-8-6-5-7-9-17/h5-13,15H,4,14H2,1-3H3. The molecule has 0 amide bonds. The lowest BCUT2D eigenvalue weighted by atomic mass is 10.1. The van der Waals surface area contributed by atoms with Crippen molar-refractivity contribution in [2.24, 2.45) is 10.9 Å². The van der Waals surface area contributed by atoms with E-state index in [2.05, 4.69) is 57.2 Å². The maximum absolute atomic E-state index is 6.13. The summed E-state index contributed by atoms with van der Waals surface area (Å²) in [4.78, 5) is 4.84. The molecule has 0 radical (unpaired) electrons. The van der Waals surface area contributed by atoms with Gasteiger partial charge in [-0.2, -0.15) is 0 Å². The quantitative estimate of drug-likeness (QED) is 0.649. The summed E-state index contributed by atoms with van der Waals surface area (Å²) < 4.78 is 6.13. The molecule has 0 saturated heterocycles. The molecule has 0 aliphatic rings. The van der Waals surface area contributed by atoms with Gasteiger partial charge in [0.1, 0.15) is 11.3 Å². The maximum Gasteiger partial charge on any atom is 0.136 e. The molecule has 23 heavy (non-hydrogen) atoms. The zero-order valence-corrected chi connectivity index (χ0v) is 14.0. The van der Waals surface area contributed by atoms with Crippen LogP contribution in [0.2, 0.25) is 0 Å². The first-order valence-electron chi connectivity index (χ1n) is 8.30. The van der Waals surface area contributed by atoms with Crippen molar-refractivity contribution in [1.82, 2.24) is 0 Å². The van der Waals surface area contributed by atoms with Gasteiger partial charge in [0.15, 0.2) is 0 Å². The van der Waals surface area contributed by atoms with Gasteiger partial charge < -0.3 is 4.42 Å². The lowest BCUT2D eigenvalue weighted by Gasteiger charge is -2.07. The Morgan fingerprint density at radius 1 is 1.00 bits per heavy atom. The second-order valence-electron chi connectivity index (χ2n) is 6.28. The molecule has 2 nitrogen and oxygen atoms in total. The van der Waals surface area contributed by atoms with Crippen molar-refractivity contribution in [2.45, 2.75) is 27.2 Å². The van der Waals surface area contributed by atoms with E-state index in [4.69, 9.17) is 9.41 Å². The van der Waals surface area contributed by atoms with Crippen LogP contribution < -0.4 is 5.36 Å². The predicted molar refractivity (Wildman–Crippen MR) is 96.3 cm³/mol. The minimum absolute atomic E-state index is 0.539. The van der Waals surface area contributed by atoms with Crippen molar-refractivity contribution in [3.63, 3.8) is 0 Å². The van der Waals surface area contributed by atoms with Gasteiger partial charge in [-0.1, -0.05) is 57.2 Å². The lowest BCUT2D eigenvalue weighted by Crippen LogP contribution is -2.07. The van der Waals surface area contributed by atoms with Gasteiger partial charge in [-0.3, -0.25) is 4.99 Å². The Morgan fingerprint density at radius 3 is 2.48 bits per heavy atom. The summed E-state index contributed by atoms with van der Waals surface area (Å²) in [5, 5.41) is 2.12. The molecule has 0 atom stereocenters. The number of nitrogens with zero attached hydrogens (tertiary/aromatic N) is 1. The van der Waals surface area contributed by atoms with Gasteiger partial charge in [-0.15, -0.1) is 0 Å². The molecule has 2 heteroatoms. The highest BCUT2D eigenvalue weighted by atomic mass is 16.3.